The molecule has 0 unspecified atom stereocenters. The molecule has 1 heteroatoms. The summed E-state index contributed by atoms with van der Waals surface area (Å²) in [5, 5.41) is 0. The number of nitrogens with two attached hydrogens (primary N) is 1. The normalized spacial score (nSPS) is 10.5. The second kappa shape index (κ2) is 7.32. The SMILES string of the molecule is C.NC/C=C\C=C\c1ccccc1. The van der Waals surface area contributed by atoms with E-state index < -0.39 is 0 Å². The molecule has 0 bridgehead atoms. The largest absolute Gasteiger partial charge is 0.327 e. The van der Waals surface area contributed by atoms with Crippen LogP contribution in [0.2, 0.25) is 0 Å². The van der Waals surface area contributed by atoms with E-state index in [1.165, 1.54) is 5.56 Å². The van der Waals surface area contributed by atoms with Crippen LogP contribution in [-0.2, 0) is 0 Å². The number of allylic oxidation sites excluding steroid dienone is 2. The summed E-state index contributed by atoms with van der Waals surface area (Å²) < 4.78 is 0. The van der Waals surface area contributed by atoms with Crippen LogP contribution in [0.3, 0.4) is 0 Å². The van der Waals surface area contributed by atoms with E-state index in [1.807, 2.05) is 42.5 Å². The second-order valence-corrected chi connectivity index (χ2v) is 2.43. The predicted octanol–water partition coefficient (Wildman–Crippen LogP) is 2.85. The molecule has 0 amide bonds. The summed E-state index contributed by atoms with van der Waals surface area (Å²) in [7, 11) is 0. The molecule has 0 aliphatic rings. The van der Waals surface area contributed by atoms with Gasteiger partial charge in [-0.15, -0.1) is 0 Å². The van der Waals surface area contributed by atoms with Crippen LogP contribution in [0, 0.1) is 0 Å². The van der Waals surface area contributed by atoms with Crippen LogP contribution < -0.4 is 5.73 Å². The molecule has 0 aromatic heterocycles. The van der Waals surface area contributed by atoms with Crippen LogP contribution in [0.25, 0.3) is 6.08 Å². The van der Waals surface area contributed by atoms with E-state index in [0.717, 1.165) is 0 Å². The Kier molecular flexibility index (Phi) is 6.56. The molecule has 0 saturated heterocycles. The third-order valence-electron chi connectivity index (χ3n) is 1.47. The smallest absolute Gasteiger partial charge is 0.0109 e. The molecule has 0 aliphatic heterocycles. The molecule has 0 spiro atoms. The summed E-state index contributed by atoms with van der Waals surface area (Å²) in [6.45, 7) is 0.596. The number of hydrogen-bond donors (Lipinski definition) is 1. The lowest BCUT2D eigenvalue weighted by Gasteiger charge is -1.88. The van der Waals surface area contributed by atoms with E-state index in [2.05, 4.69) is 12.1 Å². The fourth-order valence-electron chi connectivity index (χ4n) is 0.888. The minimum absolute atomic E-state index is 0. The van der Waals surface area contributed by atoms with Gasteiger partial charge in [0.2, 0.25) is 0 Å². The van der Waals surface area contributed by atoms with Gasteiger partial charge in [0.1, 0.15) is 0 Å². The third kappa shape index (κ3) is 4.99. The van der Waals surface area contributed by atoms with E-state index in [-0.39, 0.29) is 7.43 Å². The molecule has 1 aromatic rings. The fourth-order valence-corrected chi connectivity index (χ4v) is 0.888. The molecule has 1 aromatic carbocycles. The molecule has 0 atom stereocenters. The second-order valence-electron chi connectivity index (χ2n) is 2.43. The Hall–Kier alpha value is -1.34. The van der Waals surface area contributed by atoms with Crippen molar-refractivity contribution in [1.29, 1.82) is 0 Å². The molecule has 0 saturated carbocycles. The summed E-state index contributed by atoms with van der Waals surface area (Å²) in [6.07, 6.45) is 7.90. The minimum atomic E-state index is 0. The minimum Gasteiger partial charge on any atom is -0.327 e. The summed E-state index contributed by atoms with van der Waals surface area (Å²) in [5.41, 5.74) is 6.49. The molecule has 70 valence electrons. The van der Waals surface area contributed by atoms with Crippen molar-refractivity contribution in [3.8, 4) is 0 Å². The molecule has 13 heavy (non-hydrogen) atoms. The Morgan fingerprint density at radius 1 is 1.08 bits per heavy atom. The lowest BCUT2D eigenvalue weighted by molar-refractivity contribution is 1.25. The van der Waals surface area contributed by atoms with Gasteiger partial charge in [0.25, 0.3) is 0 Å². The predicted molar refractivity (Wildman–Crippen MR) is 60.4 cm³/mol. The topological polar surface area (TPSA) is 26.0 Å². The van der Waals surface area contributed by atoms with Crippen molar-refractivity contribution in [2.75, 3.05) is 6.54 Å². The van der Waals surface area contributed by atoms with Crippen molar-refractivity contribution in [2.24, 2.45) is 5.73 Å². The van der Waals surface area contributed by atoms with Gasteiger partial charge in [0.05, 0.1) is 0 Å². The molecule has 1 nitrogen and oxygen atoms in total. The van der Waals surface area contributed by atoms with Crippen LogP contribution in [0.4, 0.5) is 0 Å². The number of hydrogen-bond acceptors (Lipinski definition) is 1. The highest BCUT2D eigenvalue weighted by molar-refractivity contribution is 5.50. The first kappa shape index (κ1) is 11.7. The average molecular weight is 175 g/mol. The fraction of sp³-hybridized carbons (Fsp3) is 0.167. The van der Waals surface area contributed by atoms with Crippen LogP contribution in [0.1, 0.15) is 13.0 Å². The van der Waals surface area contributed by atoms with E-state index >= 15 is 0 Å². The van der Waals surface area contributed by atoms with Gasteiger partial charge >= 0.3 is 0 Å². The Bertz CT molecular complexity index is 260. The van der Waals surface area contributed by atoms with Crippen LogP contribution in [0.5, 0.6) is 0 Å². The first-order chi connectivity index (χ1) is 5.93. The van der Waals surface area contributed by atoms with Gasteiger partial charge < -0.3 is 5.73 Å². The molecular weight excluding hydrogens is 158 g/mol. The maximum absolute atomic E-state index is 5.29. The summed E-state index contributed by atoms with van der Waals surface area (Å²) in [4.78, 5) is 0. The Morgan fingerprint density at radius 2 is 1.77 bits per heavy atom. The molecule has 1 rings (SSSR count). The van der Waals surface area contributed by atoms with E-state index in [1.54, 1.807) is 0 Å². The molecule has 0 aliphatic carbocycles. The highest BCUT2D eigenvalue weighted by Crippen LogP contribution is 2.00. The van der Waals surface area contributed by atoms with Gasteiger partial charge in [-0.2, -0.15) is 0 Å². The Labute approximate surface area is 80.6 Å². The first-order valence-electron chi connectivity index (χ1n) is 4.02. The zero-order chi connectivity index (χ0) is 8.65. The molecule has 0 radical (unpaired) electrons. The molecule has 2 N–H and O–H groups in total. The Morgan fingerprint density at radius 3 is 2.38 bits per heavy atom. The van der Waals surface area contributed by atoms with E-state index in [9.17, 15) is 0 Å². The Balaban J connectivity index is 0.00000144. The highest BCUT2D eigenvalue weighted by atomic mass is 14.5. The quantitative estimate of drug-likeness (QED) is 0.702. The van der Waals surface area contributed by atoms with Gasteiger partial charge in [0.15, 0.2) is 0 Å². The lowest BCUT2D eigenvalue weighted by atomic mass is 10.2. The zero-order valence-corrected chi connectivity index (χ0v) is 6.98. The first-order valence-corrected chi connectivity index (χ1v) is 4.02. The van der Waals surface area contributed by atoms with Crippen LogP contribution in [-0.4, -0.2) is 6.54 Å². The van der Waals surface area contributed by atoms with Gasteiger partial charge in [-0.05, 0) is 5.56 Å². The van der Waals surface area contributed by atoms with Crippen LogP contribution >= 0.6 is 0 Å². The van der Waals surface area contributed by atoms with Gasteiger partial charge in [-0.25, -0.2) is 0 Å². The number of rotatable bonds is 3. The zero-order valence-electron chi connectivity index (χ0n) is 6.98. The van der Waals surface area contributed by atoms with E-state index in [4.69, 9.17) is 5.73 Å². The average Bonchev–Trinajstić information content (AvgIpc) is 2.14. The van der Waals surface area contributed by atoms with Crippen molar-refractivity contribution in [3.63, 3.8) is 0 Å². The van der Waals surface area contributed by atoms with Gasteiger partial charge in [-0.3, -0.25) is 0 Å². The maximum atomic E-state index is 5.29. The van der Waals surface area contributed by atoms with Gasteiger partial charge in [0, 0.05) is 6.54 Å². The van der Waals surface area contributed by atoms with E-state index in [0.29, 0.717) is 6.54 Å². The van der Waals surface area contributed by atoms with Crippen molar-refractivity contribution < 1.29 is 0 Å². The monoisotopic (exact) mass is 175 g/mol. The highest BCUT2D eigenvalue weighted by Gasteiger charge is 1.78. The lowest BCUT2D eigenvalue weighted by Crippen LogP contribution is -1.91. The van der Waals surface area contributed by atoms with Gasteiger partial charge in [-0.1, -0.05) is 62.1 Å². The van der Waals surface area contributed by atoms with Crippen molar-refractivity contribution in [2.45, 2.75) is 7.43 Å². The van der Waals surface area contributed by atoms with Crippen molar-refractivity contribution >= 4 is 6.08 Å². The third-order valence-corrected chi connectivity index (χ3v) is 1.47. The molecular formula is C12H17N. The van der Waals surface area contributed by atoms with Crippen molar-refractivity contribution in [1.82, 2.24) is 0 Å². The van der Waals surface area contributed by atoms with Crippen LogP contribution in [0.15, 0.2) is 48.6 Å². The standard InChI is InChI=1S/C11H13N.CH4/c12-10-6-2-5-9-11-7-3-1-4-8-11;/h1-9H,10,12H2;1H4/b6-2-,9-5+;. The summed E-state index contributed by atoms with van der Waals surface area (Å²) in [5.74, 6) is 0. The van der Waals surface area contributed by atoms with Crippen molar-refractivity contribution in [3.05, 3.63) is 54.1 Å². The summed E-state index contributed by atoms with van der Waals surface area (Å²) >= 11 is 0. The number of benzene rings is 1. The summed E-state index contributed by atoms with van der Waals surface area (Å²) in [6, 6.07) is 10.2. The molecule has 0 heterocycles. The maximum Gasteiger partial charge on any atom is 0.0109 e. The molecule has 0 fully saturated rings.